The lowest BCUT2D eigenvalue weighted by molar-refractivity contribution is 0.397. The predicted molar refractivity (Wildman–Crippen MR) is 76.8 cm³/mol. The molecule has 0 aromatic heterocycles. The van der Waals surface area contributed by atoms with E-state index in [1.54, 1.807) is 7.11 Å². The van der Waals surface area contributed by atoms with Gasteiger partial charge in [-0.05, 0) is 37.6 Å². The maximum absolute atomic E-state index is 6.02. The molecule has 0 fully saturated rings. The van der Waals surface area contributed by atoms with Crippen LogP contribution in [0.1, 0.15) is 24.1 Å². The van der Waals surface area contributed by atoms with E-state index in [0.717, 1.165) is 28.4 Å². The summed E-state index contributed by atoms with van der Waals surface area (Å²) in [5, 5.41) is 0. The van der Waals surface area contributed by atoms with Crippen molar-refractivity contribution in [2.75, 3.05) is 7.11 Å². The van der Waals surface area contributed by atoms with Gasteiger partial charge in [0.2, 0.25) is 0 Å². The van der Waals surface area contributed by atoms with Crippen molar-refractivity contribution in [3.8, 4) is 17.2 Å². The number of benzene rings is 2. The van der Waals surface area contributed by atoms with Crippen LogP contribution in [0.2, 0.25) is 0 Å². The van der Waals surface area contributed by atoms with Crippen LogP contribution in [0.3, 0.4) is 0 Å². The molecule has 3 nitrogen and oxygen atoms in total. The summed E-state index contributed by atoms with van der Waals surface area (Å²) in [6, 6.07) is 13.4. The fourth-order valence-corrected chi connectivity index (χ4v) is 2.03. The van der Waals surface area contributed by atoms with Crippen molar-refractivity contribution in [3.63, 3.8) is 0 Å². The van der Waals surface area contributed by atoms with Gasteiger partial charge in [-0.3, -0.25) is 0 Å². The summed E-state index contributed by atoms with van der Waals surface area (Å²) in [6.45, 7) is 3.93. The number of para-hydroxylation sites is 1. The Balaban J connectivity index is 2.43. The molecule has 3 heteroatoms. The molecule has 0 aliphatic carbocycles. The first-order valence-electron chi connectivity index (χ1n) is 6.29. The minimum atomic E-state index is -0.157. The molecule has 2 aromatic rings. The molecule has 1 atom stereocenters. The Hall–Kier alpha value is -2.00. The zero-order chi connectivity index (χ0) is 13.8. The summed E-state index contributed by atoms with van der Waals surface area (Å²) < 4.78 is 11.3. The molecule has 0 aliphatic heterocycles. The second-order valence-corrected chi connectivity index (χ2v) is 4.53. The third-order valence-electron chi connectivity index (χ3n) is 3.01. The van der Waals surface area contributed by atoms with Gasteiger partial charge in [-0.2, -0.15) is 0 Å². The van der Waals surface area contributed by atoms with Crippen molar-refractivity contribution >= 4 is 0 Å². The Kier molecular flexibility index (Phi) is 4.07. The van der Waals surface area contributed by atoms with E-state index in [9.17, 15) is 0 Å². The van der Waals surface area contributed by atoms with Crippen LogP contribution in [0, 0.1) is 6.92 Å². The molecule has 19 heavy (non-hydrogen) atoms. The van der Waals surface area contributed by atoms with Gasteiger partial charge in [-0.25, -0.2) is 0 Å². The number of hydrogen-bond donors (Lipinski definition) is 1. The van der Waals surface area contributed by atoms with E-state index in [4.69, 9.17) is 15.2 Å². The van der Waals surface area contributed by atoms with E-state index in [-0.39, 0.29) is 6.04 Å². The smallest absolute Gasteiger partial charge is 0.135 e. The third-order valence-corrected chi connectivity index (χ3v) is 3.01. The zero-order valence-corrected chi connectivity index (χ0v) is 11.5. The first-order valence-corrected chi connectivity index (χ1v) is 6.29. The molecule has 0 saturated heterocycles. The number of methoxy groups -OCH3 is 1. The topological polar surface area (TPSA) is 44.5 Å². The summed E-state index contributed by atoms with van der Waals surface area (Å²) in [6.07, 6.45) is 0. The van der Waals surface area contributed by atoms with E-state index in [0.29, 0.717) is 0 Å². The normalized spacial score (nSPS) is 12.0. The van der Waals surface area contributed by atoms with Gasteiger partial charge in [0.25, 0.3) is 0 Å². The van der Waals surface area contributed by atoms with Crippen molar-refractivity contribution in [3.05, 3.63) is 53.6 Å². The second kappa shape index (κ2) is 5.76. The van der Waals surface area contributed by atoms with Crippen LogP contribution < -0.4 is 15.2 Å². The summed E-state index contributed by atoms with van der Waals surface area (Å²) in [7, 11) is 1.64. The average molecular weight is 257 g/mol. The van der Waals surface area contributed by atoms with Crippen LogP contribution >= 0.6 is 0 Å². The highest BCUT2D eigenvalue weighted by molar-refractivity contribution is 5.49. The van der Waals surface area contributed by atoms with Crippen molar-refractivity contribution in [1.29, 1.82) is 0 Å². The monoisotopic (exact) mass is 257 g/mol. The molecular weight excluding hydrogens is 238 g/mol. The highest BCUT2D eigenvalue weighted by Gasteiger charge is 2.15. The van der Waals surface area contributed by atoms with Gasteiger partial charge in [0.05, 0.1) is 12.7 Å². The standard InChI is InChI=1S/C16H19NO2/c1-11-7-4-5-8-13(11)19-15-10-6-9-14(18-3)16(15)12(2)17/h4-10,12H,17H2,1-3H3/t12-/m0/s1. The first kappa shape index (κ1) is 13.4. The lowest BCUT2D eigenvalue weighted by atomic mass is 10.1. The number of hydrogen-bond acceptors (Lipinski definition) is 3. The van der Waals surface area contributed by atoms with Gasteiger partial charge in [0.1, 0.15) is 17.2 Å². The van der Waals surface area contributed by atoms with E-state index >= 15 is 0 Å². The van der Waals surface area contributed by atoms with Crippen molar-refractivity contribution in [2.24, 2.45) is 5.73 Å². The summed E-state index contributed by atoms with van der Waals surface area (Å²) in [5.74, 6) is 2.32. The van der Waals surface area contributed by atoms with E-state index in [1.165, 1.54) is 0 Å². The number of rotatable bonds is 4. The average Bonchev–Trinajstić information content (AvgIpc) is 2.40. The molecule has 2 N–H and O–H groups in total. The third kappa shape index (κ3) is 2.88. The Morgan fingerprint density at radius 2 is 1.58 bits per heavy atom. The fraction of sp³-hybridized carbons (Fsp3) is 0.250. The Bertz CT molecular complexity index is 564. The summed E-state index contributed by atoms with van der Waals surface area (Å²) in [4.78, 5) is 0. The molecule has 0 radical (unpaired) electrons. The lowest BCUT2D eigenvalue weighted by Crippen LogP contribution is -2.08. The number of ether oxygens (including phenoxy) is 2. The molecule has 0 saturated carbocycles. The minimum Gasteiger partial charge on any atom is -0.496 e. The van der Waals surface area contributed by atoms with Crippen LogP contribution in [0.4, 0.5) is 0 Å². The van der Waals surface area contributed by atoms with Crippen LogP contribution in [0.15, 0.2) is 42.5 Å². The minimum absolute atomic E-state index is 0.157. The highest BCUT2D eigenvalue weighted by Crippen LogP contribution is 2.36. The predicted octanol–water partition coefficient (Wildman–Crippen LogP) is 3.82. The molecule has 0 aliphatic rings. The van der Waals surface area contributed by atoms with Gasteiger partial charge in [-0.15, -0.1) is 0 Å². The molecule has 0 bridgehead atoms. The number of nitrogens with two attached hydrogens (primary N) is 1. The maximum Gasteiger partial charge on any atom is 0.135 e. The molecule has 2 rings (SSSR count). The van der Waals surface area contributed by atoms with Crippen LogP contribution in [-0.4, -0.2) is 7.11 Å². The first-order chi connectivity index (χ1) is 9.13. The Labute approximate surface area is 114 Å². The summed E-state index contributed by atoms with van der Waals surface area (Å²) in [5.41, 5.74) is 7.99. The lowest BCUT2D eigenvalue weighted by Gasteiger charge is -2.17. The van der Waals surface area contributed by atoms with Crippen LogP contribution in [-0.2, 0) is 0 Å². The van der Waals surface area contributed by atoms with Gasteiger partial charge < -0.3 is 15.2 Å². The van der Waals surface area contributed by atoms with Crippen molar-refractivity contribution in [1.82, 2.24) is 0 Å². The largest absolute Gasteiger partial charge is 0.496 e. The Morgan fingerprint density at radius 1 is 0.947 bits per heavy atom. The number of aryl methyl sites for hydroxylation is 1. The molecular formula is C16H19NO2. The second-order valence-electron chi connectivity index (χ2n) is 4.53. The maximum atomic E-state index is 6.02. The van der Waals surface area contributed by atoms with Gasteiger partial charge >= 0.3 is 0 Å². The molecule has 100 valence electrons. The highest BCUT2D eigenvalue weighted by atomic mass is 16.5. The molecule has 0 heterocycles. The molecule has 2 aromatic carbocycles. The van der Waals surface area contributed by atoms with Crippen molar-refractivity contribution < 1.29 is 9.47 Å². The van der Waals surface area contributed by atoms with Crippen LogP contribution in [0.5, 0.6) is 17.2 Å². The van der Waals surface area contributed by atoms with E-state index in [1.807, 2.05) is 56.3 Å². The Morgan fingerprint density at radius 3 is 2.21 bits per heavy atom. The molecule has 0 spiro atoms. The van der Waals surface area contributed by atoms with Gasteiger partial charge in [0, 0.05) is 6.04 Å². The quantitative estimate of drug-likeness (QED) is 0.905. The van der Waals surface area contributed by atoms with E-state index in [2.05, 4.69) is 0 Å². The fourth-order valence-electron chi connectivity index (χ4n) is 2.03. The SMILES string of the molecule is COc1cccc(Oc2ccccc2C)c1[C@H](C)N. The van der Waals surface area contributed by atoms with E-state index < -0.39 is 0 Å². The molecule has 0 amide bonds. The summed E-state index contributed by atoms with van der Waals surface area (Å²) >= 11 is 0. The zero-order valence-electron chi connectivity index (χ0n) is 11.5. The molecule has 0 unspecified atom stereocenters. The van der Waals surface area contributed by atoms with Crippen molar-refractivity contribution in [2.45, 2.75) is 19.9 Å². The van der Waals surface area contributed by atoms with Crippen LogP contribution in [0.25, 0.3) is 0 Å². The van der Waals surface area contributed by atoms with Gasteiger partial charge in [0.15, 0.2) is 0 Å². The van der Waals surface area contributed by atoms with Gasteiger partial charge in [-0.1, -0.05) is 24.3 Å².